The van der Waals surface area contributed by atoms with Crippen molar-refractivity contribution in [3.63, 3.8) is 0 Å². The lowest BCUT2D eigenvalue weighted by Gasteiger charge is -2.11. The number of benzene rings is 1. The van der Waals surface area contributed by atoms with E-state index in [1.54, 1.807) is 0 Å². The molecule has 0 heterocycles. The molecule has 0 unspecified atom stereocenters. The Bertz CT molecular complexity index is 410. The fourth-order valence-electron chi connectivity index (χ4n) is 0.868. The molecule has 8 heteroatoms. The molecule has 0 aliphatic rings. The van der Waals surface area contributed by atoms with Crippen LogP contribution in [0, 0.1) is 5.82 Å². The Morgan fingerprint density at radius 1 is 1.38 bits per heavy atom. The van der Waals surface area contributed by atoms with Crippen LogP contribution in [0.2, 0.25) is 0 Å². The standard InChI is InChI=1S/C8H4BrF4NO2/c9-4-1-3(10)2-5(15)6(4)14-7(16)8(11,12)13/h1-2,15H,(H,14,16). The highest BCUT2D eigenvalue weighted by Crippen LogP contribution is 2.34. The van der Waals surface area contributed by atoms with Crippen LogP contribution in [0.25, 0.3) is 0 Å². The number of amides is 1. The third-order valence-electron chi connectivity index (χ3n) is 1.53. The minimum Gasteiger partial charge on any atom is -0.506 e. The summed E-state index contributed by atoms with van der Waals surface area (Å²) in [5.41, 5.74) is -0.538. The van der Waals surface area contributed by atoms with E-state index >= 15 is 0 Å². The Kier molecular flexibility index (Phi) is 3.41. The van der Waals surface area contributed by atoms with Crippen molar-refractivity contribution >= 4 is 27.5 Å². The van der Waals surface area contributed by atoms with E-state index < -0.39 is 29.3 Å². The van der Waals surface area contributed by atoms with Gasteiger partial charge in [0.05, 0.1) is 5.69 Å². The molecule has 0 aliphatic carbocycles. The summed E-state index contributed by atoms with van der Waals surface area (Å²) in [6, 6.07) is 1.39. The number of alkyl halides is 3. The molecule has 88 valence electrons. The van der Waals surface area contributed by atoms with E-state index in [0.29, 0.717) is 6.07 Å². The first-order valence-corrected chi connectivity index (χ1v) is 4.57. The average Bonchev–Trinajstić information content (AvgIpc) is 2.08. The zero-order valence-electron chi connectivity index (χ0n) is 7.40. The van der Waals surface area contributed by atoms with E-state index in [9.17, 15) is 22.4 Å². The summed E-state index contributed by atoms with van der Waals surface area (Å²) in [5, 5.41) is 10.6. The molecule has 0 aliphatic heterocycles. The highest BCUT2D eigenvalue weighted by Gasteiger charge is 2.39. The van der Waals surface area contributed by atoms with Gasteiger partial charge < -0.3 is 10.4 Å². The van der Waals surface area contributed by atoms with Crippen molar-refractivity contribution < 1.29 is 27.5 Å². The van der Waals surface area contributed by atoms with Crippen molar-refractivity contribution in [3.8, 4) is 5.75 Å². The molecule has 0 fully saturated rings. The van der Waals surface area contributed by atoms with Crippen molar-refractivity contribution in [2.24, 2.45) is 0 Å². The third-order valence-corrected chi connectivity index (χ3v) is 2.16. The first-order valence-electron chi connectivity index (χ1n) is 3.78. The van der Waals surface area contributed by atoms with Crippen molar-refractivity contribution in [3.05, 3.63) is 22.4 Å². The van der Waals surface area contributed by atoms with Gasteiger partial charge >= 0.3 is 12.1 Å². The Morgan fingerprint density at radius 3 is 2.38 bits per heavy atom. The van der Waals surface area contributed by atoms with E-state index in [0.717, 1.165) is 6.07 Å². The van der Waals surface area contributed by atoms with E-state index in [1.807, 2.05) is 0 Å². The lowest BCUT2D eigenvalue weighted by atomic mass is 10.3. The molecule has 1 amide bonds. The molecule has 1 aromatic rings. The predicted molar refractivity (Wildman–Crippen MR) is 50.4 cm³/mol. The molecule has 0 bridgehead atoms. The van der Waals surface area contributed by atoms with Gasteiger partial charge in [-0.3, -0.25) is 4.79 Å². The second-order valence-corrected chi connectivity index (χ2v) is 3.59. The smallest absolute Gasteiger partial charge is 0.471 e. The minimum atomic E-state index is -5.08. The SMILES string of the molecule is O=C(Nc1c(O)cc(F)cc1Br)C(F)(F)F. The highest BCUT2D eigenvalue weighted by molar-refractivity contribution is 9.10. The summed E-state index contributed by atoms with van der Waals surface area (Å²) < 4.78 is 48.1. The molecule has 0 saturated heterocycles. The summed E-state index contributed by atoms with van der Waals surface area (Å²) in [4.78, 5) is 10.6. The zero-order chi connectivity index (χ0) is 12.5. The van der Waals surface area contributed by atoms with E-state index in [1.165, 1.54) is 5.32 Å². The van der Waals surface area contributed by atoms with Gasteiger partial charge in [0.2, 0.25) is 0 Å². The van der Waals surface area contributed by atoms with Crippen LogP contribution in [0.5, 0.6) is 5.75 Å². The first-order chi connectivity index (χ1) is 7.21. The van der Waals surface area contributed by atoms with Gasteiger partial charge in [-0.1, -0.05) is 0 Å². The summed E-state index contributed by atoms with van der Waals surface area (Å²) >= 11 is 2.71. The molecule has 0 saturated carbocycles. The van der Waals surface area contributed by atoms with Gasteiger partial charge in [-0.05, 0) is 22.0 Å². The van der Waals surface area contributed by atoms with Crippen LogP contribution in [0.4, 0.5) is 23.2 Å². The molecule has 2 N–H and O–H groups in total. The molecule has 0 radical (unpaired) electrons. The first kappa shape index (κ1) is 12.8. The number of carbonyl (C=O) groups excluding carboxylic acids is 1. The minimum absolute atomic E-state index is 0.192. The second kappa shape index (κ2) is 4.28. The number of phenols is 1. The summed E-state index contributed by atoms with van der Waals surface area (Å²) in [5.74, 6) is -3.91. The lowest BCUT2D eigenvalue weighted by Crippen LogP contribution is -2.30. The molecule has 0 spiro atoms. The Balaban J connectivity index is 3.03. The molecule has 16 heavy (non-hydrogen) atoms. The van der Waals surface area contributed by atoms with Crippen LogP contribution < -0.4 is 5.32 Å². The van der Waals surface area contributed by atoms with Gasteiger partial charge in [0.15, 0.2) is 0 Å². The van der Waals surface area contributed by atoms with Crippen LogP contribution >= 0.6 is 15.9 Å². The maximum absolute atomic E-state index is 12.7. The number of carbonyl (C=O) groups is 1. The number of anilines is 1. The fourth-order valence-corrected chi connectivity index (χ4v) is 1.39. The number of halogens is 5. The van der Waals surface area contributed by atoms with Crippen LogP contribution in [-0.4, -0.2) is 17.2 Å². The van der Waals surface area contributed by atoms with Crippen molar-refractivity contribution in [1.82, 2.24) is 0 Å². The Hall–Kier alpha value is -1.31. The molecule has 3 nitrogen and oxygen atoms in total. The van der Waals surface area contributed by atoms with E-state index in [4.69, 9.17) is 5.11 Å². The highest BCUT2D eigenvalue weighted by atomic mass is 79.9. The quantitative estimate of drug-likeness (QED) is 0.619. The summed E-state index contributed by atoms with van der Waals surface area (Å²) in [6.45, 7) is 0. The normalized spacial score (nSPS) is 11.3. The molecule has 0 aromatic heterocycles. The van der Waals surface area contributed by atoms with Gasteiger partial charge in [-0.15, -0.1) is 0 Å². The average molecular weight is 302 g/mol. The monoisotopic (exact) mass is 301 g/mol. The maximum Gasteiger partial charge on any atom is 0.471 e. The fraction of sp³-hybridized carbons (Fsp3) is 0.125. The Morgan fingerprint density at radius 2 is 1.94 bits per heavy atom. The Labute approximate surface area is 95.2 Å². The van der Waals surface area contributed by atoms with Crippen molar-refractivity contribution in [2.45, 2.75) is 6.18 Å². The number of hydrogen-bond donors (Lipinski definition) is 2. The largest absolute Gasteiger partial charge is 0.506 e. The van der Waals surface area contributed by atoms with Crippen molar-refractivity contribution in [2.75, 3.05) is 5.32 Å². The molecule has 1 aromatic carbocycles. The third kappa shape index (κ3) is 2.84. The molecular formula is C8H4BrF4NO2. The topological polar surface area (TPSA) is 49.3 Å². The van der Waals surface area contributed by atoms with Gasteiger partial charge in [0.25, 0.3) is 0 Å². The molecule has 0 atom stereocenters. The van der Waals surface area contributed by atoms with E-state index in [2.05, 4.69) is 15.9 Å². The van der Waals surface area contributed by atoms with Crippen LogP contribution in [-0.2, 0) is 4.79 Å². The van der Waals surface area contributed by atoms with Gasteiger partial charge in [-0.2, -0.15) is 13.2 Å². The number of aromatic hydroxyl groups is 1. The summed E-state index contributed by atoms with van der Waals surface area (Å²) in [6.07, 6.45) is -5.08. The lowest BCUT2D eigenvalue weighted by molar-refractivity contribution is -0.167. The van der Waals surface area contributed by atoms with Crippen LogP contribution in [0.1, 0.15) is 0 Å². The zero-order valence-corrected chi connectivity index (χ0v) is 8.99. The molecule has 1 rings (SSSR count). The van der Waals surface area contributed by atoms with Crippen LogP contribution in [0.15, 0.2) is 16.6 Å². The van der Waals surface area contributed by atoms with Gasteiger partial charge in [0.1, 0.15) is 11.6 Å². The number of phenolic OH excluding ortho intramolecular Hbond substituents is 1. The number of rotatable bonds is 1. The predicted octanol–water partition coefficient (Wildman–Crippen LogP) is 2.79. The maximum atomic E-state index is 12.7. The van der Waals surface area contributed by atoms with Gasteiger partial charge in [-0.25, -0.2) is 4.39 Å². The van der Waals surface area contributed by atoms with Crippen molar-refractivity contribution in [1.29, 1.82) is 0 Å². The van der Waals surface area contributed by atoms with E-state index in [-0.39, 0.29) is 4.47 Å². The second-order valence-electron chi connectivity index (χ2n) is 2.73. The number of nitrogens with one attached hydrogen (secondary N) is 1. The summed E-state index contributed by atoms with van der Waals surface area (Å²) in [7, 11) is 0. The molecular weight excluding hydrogens is 298 g/mol. The number of hydrogen-bond acceptors (Lipinski definition) is 2. The van der Waals surface area contributed by atoms with Gasteiger partial charge in [0, 0.05) is 10.5 Å². The van der Waals surface area contributed by atoms with Crippen LogP contribution in [0.3, 0.4) is 0 Å².